The van der Waals surface area contributed by atoms with E-state index in [4.69, 9.17) is 5.11 Å². The molecule has 0 saturated heterocycles. The molecule has 0 aromatic carbocycles. The molecular weight excluding hydrogens is 156 g/mol. The summed E-state index contributed by atoms with van der Waals surface area (Å²) in [5, 5.41) is 8.46. The number of carbonyl (C=O) groups is 2. The summed E-state index contributed by atoms with van der Waals surface area (Å²) in [5.41, 5.74) is -1.14. The summed E-state index contributed by atoms with van der Waals surface area (Å²) in [6.07, 6.45) is 1.41. The standard InChI is InChI=1S/C4H8O2.C4H8O.CH4/c1-4(2,6)3-5;1-4(2)3-5;/h3,6H,1-2H3;3-4H,1-2H3;1H4. The van der Waals surface area contributed by atoms with Crippen LogP contribution in [0.15, 0.2) is 0 Å². The molecule has 0 bridgehead atoms. The highest BCUT2D eigenvalue weighted by Crippen LogP contribution is 1.91. The fourth-order valence-electron chi connectivity index (χ4n) is 0. The molecule has 0 atom stereocenters. The van der Waals surface area contributed by atoms with Crippen LogP contribution in [0.4, 0.5) is 0 Å². The second kappa shape index (κ2) is 8.40. The van der Waals surface area contributed by atoms with Gasteiger partial charge in [0.25, 0.3) is 0 Å². The zero-order valence-electron chi connectivity index (χ0n) is 7.50. The van der Waals surface area contributed by atoms with E-state index in [0.717, 1.165) is 6.29 Å². The van der Waals surface area contributed by atoms with Crippen LogP contribution in [0.3, 0.4) is 0 Å². The van der Waals surface area contributed by atoms with Gasteiger partial charge in [0.05, 0.1) is 0 Å². The first kappa shape index (κ1) is 17.4. The van der Waals surface area contributed by atoms with Crippen molar-refractivity contribution in [2.45, 2.75) is 40.7 Å². The van der Waals surface area contributed by atoms with E-state index >= 15 is 0 Å². The molecule has 0 aliphatic rings. The van der Waals surface area contributed by atoms with Gasteiger partial charge in [0.1, 0.15) is 11.9 Å². The van der Waals surface area contributed by atoms with Gasteiger partial charge in [-0.3, -0.25) is 0 Å². The SMILES string of the molecule is C.CC(C)(O)C=O.CC(C)C=O. The van der Waals surface area contributed by atoms with Crippen molar-refractivity contribution in [3.8, 4) is 0 Å². The molecule has 0 saturated carbocycles. The topological polar surface area (TPSA) is 54.4 Å². The van der Waals surface area contributed by atoms with Gasteiger partial charge in [-0.25, -0.2) is 0 Å². The van der Waals surface area contributed by atoms with E-state index in [0.29, 0.717) is 6.29 Å². The number of aliphatic hydroxyl groups is 1. The Balaban J connectivity index is -0.000000126. The molecular formula is C9H20O3. The van der Waals surface area contributed by atoms with Gasteiger partial charge >= 0.3 is 0 Å². The molecule has 0 radical (unpaired) electrons. The van der Waals surface area contributed by atoms with Gasteiger partial charge in [0.2, 0.25) is 0 Å². The third kappa shape index (κ3) is 34.6. The first-order valence-electron chi connectivity index (χ1n) is 3.47. The lowest BCUT2D eigenvalue weighted by Crippen LogP contribution is -2.19. The molecule has 0 amide bonds. The number of aldehydes is 2. The summed E-state index contributed by atoms with van der Waals surface area (Å²) in [6.45, 7) is 6.57. The summed E-state index contributed by atoms with van der Waals surface area (Å²) in [5.74, 6) is 0.204. The number of hydrogen-bond acceptors (Lipinski definition) is 3. The van der Waals surface area contributed by atoms with Crippen LogP contribution in [0.1, 0.15) is 35.1 Å². The van der Waals surface area contributed by atoms with Crippen LogP contribution in [0.25, 0.3) is 0 Å². The average molecular weight is 176 g/mol. The molecule has 0 aliphatic heterocycles. The van der Waals surface area contributed by atoms with E-state index in [1.807, 2.05) is 13.8 Å². The second-order valence-electron chi connectivity index (χ2n) is 3.15. The predicted molar refractivity (Wildman–Crippen MR) is 50.0 cm³/mol. The van der Waals surface area contributed by atoms with E-state index in [9.17, 15) is 9.59 Å². The number of rotatable bonds is 2. The van der Waals surface area contributed by atoms with Crippen LogP contribution >= 0.6 is 0 Å². The van der Waals surface area contributed by atoms with E-state index in [1.165, 1.54) is 13.8 Å². The Morgan fingerprint density at radius 1 is 1.25 bits per heavy atom. The van der Waals surface area contributed by atoms with Crippen LogP contribution in [0, 0.1) is 5.92 Å². The van der Waals surface area contributed by atoms with E-state index in [-0.39, 0.29) is 13.3 Å². The van der Waals surface area contributed by atoms with Crippen molar-refractivity contribution < 1.29 is 14.7 Å². The third-order valence-corrected chi connectivity index (χ3v) is 0.561. The van der Waals surface area contributed by atoms with E-state index < -0.39 is 5.60 Å². The minimum absolute atomic E-state index is 0. The van der Waals surface area contributed by atoms with Gasteiger partial charge < -0.3 is 14.7 Å². The van der Waals surface area contributed by atoms with Crippen molar-refractivity contribution in [3.63, 3.8) is 0 Å². The minimum Gasteiger partial charge on any atom is -0.383 e. The van der Waals surface area contributed by atoms with Crippen LogP contribution in [-0.2, 0) is 9.59 Å². The maximum atomic E-state index is 9.58. The lowest BCUT2D eigenvalue weighted by Gasteiger charge is -2.02. The normalized spacial score (nSPS) is 9.17. The highest BCUT2D eigenvalue weighted by Gasteiger charge is 2.07. The quantitative estimate of drug-likeness (QED) is 0.647. The summed E-state index contributed by atoms with van der Waals surface area (Å²) < 4.78 is 0. The highest BCUT2D eigenvalue weighted by molar-refractivity contribution is 5.60. The van der Waals surface area contributed by atoms with Gasteiger partial charge in [-0.1, -0.05) is 21.3 Å². The van der Waals surface area contributed by atoms with Gasteiger partial charge in [-0.2, -0.15) is 0 Å². The lowest BCUT2D eigenvalue weighted by molar-refractivity contribution is -0.120. The molecule has 12 heavy (non-hydrogen) atoms. The van der Waals surface area contributed by atoms with Crippen LogP contribution in [0.5, 0.6) is 0 Å². The molecule has 0 aromatic rings. The molecule has 3 nitrogen and oxygen atoms in total. The van der Waals surface area contributed by atoms with Gasteiger partial charge in [0, 0.05) is 5.92 Å². The number of carbonyl (C=O) groups excluding carboxylic acids is 2. The Labute approximate surface area is 74.8 Å². The summed E-state index contributed by atoms with van der Waals surface area (Å²) in [6, 6.07) is 0. The molecule has 0 aromatic heterocycles. The van der Waals surface area contributed by atoms with Gasteiger partial charge in [-0.05, 0) is 13.8 Å². The molecule has 3 heteroatoms. The average Bonchev–Trinajstić information content (AvgIpc) is 1.88. The smallest absolute Gasteiger partial charge is 0.150 e. The molecule has 1 N–H and O–H groups in total. The Morgan fingerprint density at radius 3 is 1.42 bits per heavy atom. The van der Waals surface area contributed by atoms with Crippen LogP contribution in [0.2, 0.25) is 0 Å². The van der Waals surface area contributed by atoms with Crippen molar-refractivity contribution in [1.82, 2.24) is 0 Å². The van der Waals surface area contributed by atoms with Crippen molar-refractivity contribution >= 4 is 12.6 Å². The highest BCUT2D eigenvalue weighted by atomic mass is 16.3. The monoisotopic (exact) mass is 176 g/mol. The Bertz CT molecular complexity index is 111. The predicted octanol–water partition coefficient (Wildman–Crippen LogP) is 1.43. The molecule has 0 aliphatic carbocycles. The van der Waals surface area contributed by atoms with Gasteiger partial charge in [0.15, 0.2) is 6.29 Å². The maximum Gasteiger partial charge on any atom is 0.150 e. The molecule has 0 fully saturated rings. The first-order valence-corrected chi connectivity index (χ1v) is 3.47. The summed E-state index contributed by atoms with van der Waals surface area (Å²) >= 11 is 0. The first-order chi connectivity index (χ1) is 4.83. The van der Waals surface area contributed by atoms with Crippen LogP contribution < -0.4 is 0 Å². The number of hydrogen-bond donors (Lipinski definition) is 1. The third-order valence-electron chi connectivity index (χ3n) is 0.561. The largest absolute Gasteiger partial charge is 0.383 e. The van der Waals surface area contributed by atoms with Crippen LogP contribution in [-0.4, -0.2) is 23.3 Å². The van der Waals surface area contributed by atoms with Crippen molar-refractivity contribution in [2.24, 2.45) is 5.92 Å². The van der Waals surface area contributed by atoms with E-state index in [2.05, 4.69) is 0 Å². The van der Waals surface area contributed by atoms with E-state index in [1.54, 1.807) is 0 Å². The summed E-state index contributed by atoms with van der Waals surface area (Å²) in [7, 11) is 0. The Kier molecular flexibility index (Phi) is 12.2. The Morgan fingerprint density at radius 2 is 1.42 bits per heavy atom. The van der Waals surface area contributed by atoms with Crippen molar-refractivity contribution in [3.05, 3.63) is 0 Å². The molecule has 74 valence electrons. The second-order valence-corrected chi connectivity index (χ2v) is 3.15. The Hall–Kier alpha value is -0.700. The fourth-order valence-corrected chi connectivity index (χ4v) is 0. The minimum atomic E-state index is -1.14. The maximum absolute atomic E-state index is 9.58. The molecule has 0 heterocycles. The van der Waals surface area contributed by atoms with Crippen molar-refractivity contribution in [2.75, 3.05) is 0 Å². The zero-order chi connectivity index (χ0) is 9.49. The fraction of sp³-hybridized carbons (Fsp3) is 0.778. The van der Waals surface area contributed by atoms with Crippen molar-refractivity contribution in [1.29, 1.82) is 0 Å². The lowest BCUT2D eigenvalue weighted by atomic mass is 10.2. The van der Waals surface area contributed by atoms with Gasteiger partial charge in [-0.15, -0.1) is 0 Å². The molecule has 0 unspecified atom stereocenters. The molecule has 0 rings (SSSR count). The summed E-state index contributed by atoms with van der Waals surface area (Å²) in [4.78, 5) is 19.1. The molecule has 0 spiro atoms. The zero-order valence-corrected chi connectivity index (χ0v) is 7.50.